The van der Waals surface area contributed by atoms with E-state index in [1.165, 1.54) is 0 Å². The number of hydrogen-bond donors (Lipinski definition) is 1. The molecule has 0 unspecified atom stereocenters. The molecule has 2 aliphatic heterocycles. The van der Waals surface area contributed by atoms with Crippen LogP contribution in [0.1, 0.15) is 50.9 Å². The van der Waals surface area contributed by atoms with Crippen LogP contribution < -0.4 is 11.2 Å². The highest BCUT2D eigenvalue weighted by atomic mass is 35.5. The van der Waals surface area contributed by atoms with Gasteiger partial charge in [0.1, 0.15) is 0 Å². The summed E-state index contributed by atoms with van der Waals surface area (Å²) in [6.07, 6.45) is 1.90. The molecule has 0 atom stereocenters. The molecule has 2 N–H and O–H groups in total. The Morgan fingerprint density at radius 1 is 1.23 bits per heavy atom. The second-order valence-corrected chi connectivity index (χ2v) is 8.71. The van der Waals surface area contributed by atoms with Gasteiger partial charge < -0.3 is 19.9 Å². The van der Waals surface area contributed by atoms with E-state index >= 15 is 0 Å². The van der Waals surface area contributed by atoms with Crippen LogP contribution >= 0.6 is 11.6 Å². The third-order valence-corrected chi connectivity index (χ3v) is 6.30. The molecular formula is C19H28BClN2O3. The van der Waals surface area contributed by atoms with E-state index in [2.05, 4.69) is 0 Å². The average molecular weight is 379 g/mol. The van der Waals surface area contributed by atoms with E-state index in [1.807, 2.05) is 38.7 Å². The SMILES string of the molecule is CC1(C)OB(c2ccc(C(=O)N3CCC(CN)CC3)c(Cl)c2)OC1(C)C. The molecule has 0 aliphatic carbocycles. The molecule has 0 aromatic heterocycles. The molecule has 0 spiro atoms. The van der Waals surface area contributed by atoms with Gasteiger partial charge in [-0.2, -0.15) is 0 Å². The Bertz CT molecular complexity index is 671. The number of amides is 1. The van der Waals surface area contributed by atoms with Crippen molar-refractivity contribution in [1.82, 2.24) is 4.90 Å². The first kappa shape index (κ1) is 19.7. The van der Waals surface area contributed by atoms with E-state index < -0.39 is 18.3 Å². The Morgan fingerprint density at radius 2 is 1.81 bits per heavy atom. The number of nitrogens with zero attached hydrogens (tertiary/aromatic N) is 1. The predicted octanol–water partition coefficient (Wildman–Crippen LogP) is 2.45. The van der Waals surface area contributed by atoms with Crippen LogP contribution in [-0.2, 0) is 9.31 Å². The summed E-state index contributed by atoms with van der Waals surface area (Å²) in [5.74, 6) is 0.492. The van der Waals surface area contributed by atoms with Crippen molar-refractivity contribution in [1.29, 1.82) is 0 Å². The molecule has 2 aliphatic rings. The van der Waals surface area contributed by atoms with E-state index in [9.17, 15) is 4.79 Å². The summed E-state index contributed by atoms with van der Waals surface area (Å²) in [7, 11) is -0.484. The normalized spacial score (nSPS) is 22.7. The summed E-state index contributed by atoms with van der Waals surface area (Å²) in [5.41, 5.74) is 6.26. The molecule has 0 radical (unpaired) electrons. The maximum atomic E-state index is 12.8. The monoisotopic (exact) mass is 378 g/mol. The first-order valence-electron chi connectivity index (χ1n) is 9.29. The van der Waals surface area contributed by atoms with Gasteiger partial charge >= 0.3 is 7.12 Å². The Balaban J connectivity index is 1.73. The Kier molecular flexibility index (Phi) is 5.41. The number of piperidine rings is 1. The van der Waals surface area contributed by atoms with E-state index in [1.54, 1.807) is 12.1 Å². The van der Waals surface area contributed by atoms with E-state index in [0.717, 1.165) is 31.4 Å². The lowest BCUT2D eigenvalue weighted by Crippen LogP contribution is -2.41. The molecule has 2 fully saturated rings. The van der Waals surface area contributed by atoms with Gasteiger partial charge in [0.25, 0.3) is 5.91 Å². The molecule has 1 aromatic rings. The van der Waals surface area contributed by atoms with Crippen LogP contribution in [0.25, 0.3) is 0 Å². The molecule has 3 rings (SSSR count). The van der Waals surface area contributed by atoms with Crippen LogP contribution in [0, 0.1) is 5.92 Å². The summed E-state index contributed by atoms with van der Waals surface area (Å²) in [5, 5.41) is 0.433. The van der Waals surface area contributed by atoms with Gasteiger partial charge in [0.05, 0.1) is 21.8 Å². The minimum Gasteiger partial charge on any atom is -0.399 e. The largest absolute Gasteiger partial charge is 0.494 e. The number of halogens is 1. The molecule has 26 heavy (non-hydrogen) atoms. The van der Waals surface area contributed by atoms with Crippen LogP contribution in [-0.4, -0.2) is 48.8 Å². The van der Waals surface area contributed by atoms with E-state index in [0.29, 0.717) is 23.0 Å². The minimum absolute atomic E-state index is 0.0223. The van der Waals surface area contributed by atoms with Gasteiger partial charge in [0, 0.05) is 13.1 Å². The van der Waals surface area contributed by atoms with Crippen LogP contribution in [0.5, 0.6) is 0 Å². The van der Waals surface area contributed by atoms with Crippen molar-refractivity contribution in [2.45, 2.75) is 51.7 Å². The van der Waals surface area contributed by atoms with Crippen LogP contribution in [0.4, 0.5) is 0 Å². The Hall–Kier alpha value is -1.08. The summed E-state index contributed by atoms with van der Waals surface area (Å²) in [6.45, 7) is 10.2. The molecule has 1 amide bonds. The third-order valence-electron chi connectivity index (χ3n) is 5.98. The van der Waals surface area contributed by atoms with Gasteiger partial charge in [-0.1, -0.05) is 17.7 Å². The average Bonchev–Trinajstić information content (AvgIpc) is 2.82. The van der Waals surface area contributed by atoms with Crippen LogP contribution in [0.2, 0.25) is 5.02 Å². The van der Waals surface area contributed by atoms with Crippen LogP contribution in [0.15, 0.2) is 18.2 Å². The van der Waals surface area contributed by atoms with Crippen molar-refractivity contribution in [2.75, 3.05) is 19.6 Å². The van der Waals surface area contributed by atoms with Crippen molar-refractivity contribution in [3.63, 3.8) is 0 Å². The lowest BCUT2D eigenvalue weighted by Gasteiger charge is -2.32. The summed E-state index contributed by atoms with van der Waals surface area (Å²) in [6, 6.07) is 5.43. The predicted molar refractivity (Wildman–Crippen MR) is 105 cm³/mol. The quantitative estimate of drug-likeness (QED) is 0.821. The fourth-order valence-electron chi connectivity index (χ4n) is 3.37. The zero-order chi connectivity index (χ0) is 19.1. The van der Waals surface area contributed by atoms with Gasteiger partial charge in [-0.3, -0.25) is 4.79 Å². The summed E-state index contributed by atoms with van der Waals surface area (Å²) in [4.78, 5) is 14.7. The molecular weight excluding hydrogens is 350 g/mol. The molecule has 5 nitrogen and oxygen atoms in total. The molecule has 1 aromatic carbocycles. The van der Waals surface area contributed by atoms with E-state index in [-0.39, 0.29) is 5.91 Å². The zero-order valence-electron chi connectivity index (χ0n) is 16.0. The van der Waals surface area contributed by atoms with Crippen molar-refractivity contribution >= 4 is 30.1 Å². The number of likely N-dealkylation sites (tertiary alicyclic amines) is 1. The second-order valence-electron chi connectivity index (χ2n) is 8.30. The number of hydrogen-bond acceptors (Lipinski definition) is 4. The standard InChI is InChI=1S/C19H28BClN2O3/c1-18(2)19(3,4)26-20(25-18)14-5-6-15(16(21)11-14)17(24)23-9-7-13(12-22)8-10-23/h5-6,11,13H,7-10,12,22H2,1-4H3. The smallest absolute Gasteiger partial charge is 0.399 e. The molecule has 7 heteroatoms. The van der Waals surface area contributed by atoms with Gasteiger partial charge in [0.15, 0.2) is 0 Å². The summed E-state index contributed by atoms with van der Waals surface area (Å²) >= 11 is 6.44. The lowest BCUT2D eigenvalue weighted by molar-refractivity contribution is 0.00578. The number of carbonyl (C=O) groups is 1. The van der Waals surface area contributed by atoms with Crippen molar-refractivity contribution in [3.8, 4) is 0 Å². The Morgan fingerprint density at radius 3 is 2.31 bits per heavy atom. The zero-order valence-corrected chi connectivity index (χ0v) is 16.8. The highest BCUT2D eigenvalue weighted by molar-refractivity contribution is 6.62. The number of carbonyl (C=O) groups excluding carboxylic acids is 1. The maximum Gasteiger partial charge on any atom is 0.494 e. The van der Waals surface area contributed by atoms with Gasteiger partial charge in [-0.05, 0) is 70.6 Å². The van der Waals surface area contributed by atoms with Crippen molar-refractivity contribution in [2.24, 2.45) is 11.7 Å². The van der Waals surface area contributed by atoms with Crippen molar-refractivity contribution in [3.05, 3.63) is 28.8 Å². The Labute approximate surface area is 161 Å². The van der Waals surface area contributed by atoms with Gasteiger partial charge in [-0.25, -0.2) is 0 Å². The maximum absolute atomic E-state index is 12.8. The molecule has 2 saturated heterocycles. The topological polar surface area (TPSA) is 64.8 Å². The van der Waals surface area contributed by atoms with E-state index in [4.69, 9.17) is 26.6 Å². The minimum atomic E-state index is -0.484. The molecule has 2 heterocycles. The fourth-order valence-corrected chi connectivity index (χ4v) is 3.64. The van der Waals surface area contributed by atoms with Gasteiger partial charge in [0.2, 0.25) is 0 Å². The highest BCUT2D eigenvalue weighted by Crippen LogP contribution is 2.36. The van der Waals surface area contributed by atoms with Gasteiger partial charge in [-0.15, -0.1) is 0 Å². The fraction of sp³-hybridized carbons (Fsp3) is 0.632. The first-order chi connectivity index (χ1) is 12.1. The first-order valence-corrected chi connectivity index (χ1v) is 9.67. The molecule has 142 valence electrons. The highest BCUT2D eigenvalue weighted by Gasteiger charge is 2.51. The summed E-state index contributed by atoms with van der Waals surface area (Å²) < 4.78 is 12.1. The number of benzene rings is 1. The van der Waals surface area contributed by atoms with Crippen LogP contribution in [0.3, 0.4) is 0 Å². The molecule has 0 bridgehead atoms. The van der Waals surface area contributed by atoms with Crippen molar-refractivity contribution < 1.29 is 14.1 Å². The second kappa shape index (κ2) is 7.15. The lowest BCUT2D eigenvalue weighted by atomic mass is 9.79. The molecule has 0 saturated carbocycles. The number of nitrogens with two attached hydrogens (primary N) is 1. The number of rotatable bonds is 3. The third kappa shape index (κ3) is 3.65.